The third-order valence-electron chi connectivity index (χ3n) is 2.46. The monoisotopic (exact) mass is 302 g/mol. The number of hydrogen-bond donors (Lipinski definition) is 0. The summed E-state index contributed by atoms with van der Waals surface area (Å²) in [6.45, 7) is 5.98. The molecule has 0 aromatic carbocycles. The molecular weight excluding hydrogens is 288 g/mol. The summed E-state index contributed by atoms with van der Waals surface area (Å²) in [7, 11) is 0. The van der Waals surface area contributed by atoms with Crippen molar-refractivity contribution in [1.29, 1.82) is 0 Å². The normalized spacial score (nSPS) is 11.5. The maximum atomic E-state index is 11.7. The first kappa shape index (κ1) is 13.9. The molecule has 0 N–H and O–H groups in total. The van der Waals surface area contributed by atoms with Crippen molar-refractivity contribution in [2.24, 2.45) is 5.41 Å². The molecule has 1 aromatic heterocycles. The van der Waals surface area contributed by atoms with Gasteiger partial charge in [-0.25, -0.2) is 0 Å². The Kier molecular flexibility index (Phi) is 4.08. The Bertz CT molecular complexity index is 494. The number of hydrogen-bond acceptors (Lipinski definition) is 3. The van der Waals surface area contributed by atoms with Gasteiger partial charge in [-0.15, -0.1) is 0 Å². The first-order chi connectivity index (χ1) is 7.76. The van der Waals surface area contributed by atoms with Crippen LogP contribution in [0, 0.1) is 22.5 Å². The minimum atomic E-state index is -0.466. The maximum Gasteiger partial charge on any atom is 0.288 e. The number of pyridine rings is 1. The van der Waals surface area contributed by atoms with Gasteiger partial charge in [0.25, 0.3) is 11.2 Å². The number of aryl methyl sites for hydroxylation is 1. The summed E-state index contributed by atoms with van der Waals surface area (Å²) in [4.78, 5) is 22.1. The Morgan fingerprint density at radius 1 is 1.53 bits per heavy atom. The van der Waals surface area contributed by atoms with Gasteiger partial charge < -0.3 is 4.57 Å². The molecule has 0 aliphatic carbocycles. The van der Waals surface area contributed by atoms with E-state index >= 15 is 0 Å². The van der Waals surface area contributed by atoms with Crippen LogP contribution in [0.15, 0.2) is 17.1 Å². The lowest BCUT2D eigenvalue weighted by atomic mass is 9.96. The van der Waals surface area contributed by atoms with Gasteiger partial charge in [0.15, 0.2) is 0 Å². The van der Waals surface area contributed by atoms with Crippen LogP contribution < -0.4 is 5.56 Å². The molecule has 17 heavy (non-hydrogen) atoms. The molecule has 0 saturated heterocycles. The predicted molar refractivity (Wildman–Crippen MR) is 69.7 cm³/mol. The number of rotatable bonds is 4. The fraction of sp³-hybridized carbons (Fsp3) is 0.545. The molecule has 0 saturated carbocycles. The van der Waals surface area contributed by atoms with Crippen LogP contribution in [-0.4, -0.2) is 14.8 Å². The molecule has 1 rings (SSSR count). The summed E-state index contributed by atoms with van der Waals surface area (Å²) in [5.41, 5.74) is 0.0393. The van der Waals surface area contributed by atoms with E-state index in [0.29, 0.717) is 17.4 Å². The minimum Gasteiger partial charge on any atom is -0.308 e. The van der Waals surface area contributed by atoms with E-state index in [-0.39, 0.29) is 16.7 Å². The highest BCUT2D eigenvalue weighted by atomic mass is 79.9. The van der Waals surface area contributed by atoms with Crippen molar-refractivity contribution < 1.29 is 4.92 Å². The van der Waals surface area contributed by atoms with E-state index in [0.717, 1.165) is 0 Å². The zero-order valence-corrected chi connectivity index (χ0v) is 11.7. The predicted octanol–water partition coefficient (Wildman–Crippen LogP) is 2.49. The number of nitrogens with zero attached hydrogens (tertiary/aromatic N) is 2. The number of alkyl halides is 1. The van der Waals surface area contributed by atoms with E-state index < -0.39 is 4.92 Å². The number of aromatic nitrogens is 1. The van der Waals surface area contributed by atoms with Gasteiger partial charge in [-0.05, 0) is 12.3 Å². The first-order valence-electron chi connectivity index (χ1n) is 5.18. The van der Waals surface area contributed by atoms with Crippen molar-refractivity contribution in [3.8, 4) is 0 Å². The van der Waals surface area contributed by atoms with Crippen molar-refractivity contribution >= 4 is 21.6 Å². The van der Waals surface area contributed by atoms with E-state index in [1.807, 2.05) is 13.8 Å². The molecule has 0 amide bonds. The van der Waals surface area contributed by atoms with Gasteiger partial charge in [-0.3, -0.25) is 14.9 Å². The van der Waals surface area contributed by atoms with Crippen molar-refractivity contribution in [3.05, 3.63) is 38.3 Å². The molecule has 0 radical (unpaired) electrons. The van der Waals surface area contributed by atoms with Crippen molar-refractivity contribution in [3.63, 3.8) is 0 Å². The van der Waals surface area contributed by atoms with E-state index in [1.165, 1.54) is 16.8 Å². The van der Waals surface area contributed by atoms with Crippen LogP contribution in [0.5, 0.6) is 0 Å². The molecule has 6 heteroatoms. The van der Waals surface area contributed by atoms with Gasteiger partial charge in [0.1, 0.15) is 0 Å². The smallest absolute Gasteiger partial charge is 0.288 e. The van der Waals surface area contributed by atoms with Crippen molar-refractivity contribution in [2.45, 2.75) is 27.3 Å². The first-order valence-corrected chi connectivity index (χ1v) is 6.30. The zero-order chi connectivity index (χ0) is 13.2. The van der Waals surface area contributed by atoms with Gasteiger partial charge >= 0.3 is 0 Å². The summed E-state index contributed by atoms with van der Waals surface area (Å²) in [6, 6.07) is 1.31. The summed E-state index contributed by atoms with van der Waals surface area (Å²) < 4.78 is 1.40. The SMILES string of the molecule is Cc1cc(=O)n(CC(C)(C)CBr)cc1[N+](=O)[O-]. The largest absolute Gasteiger partial charge is 0.308 e. The molecule has 94 valence electrons. The van der Waals surface area contributed by atoms with Crippen LogP contribution in [0.2, 0.25) is 0 Å². The lowest BCUT2D eigenvalue weighted by Gasteiger charge is -2.22. The van der Waals surface area contributed by atoms with Crippen LogP contribution in [-0.2, 0) is 6.54 Å². The van der Waals surface area contributed by atoms with Crippen LogP contribution in [0.1, 0.15) is 19.4 Å². The van der Waals surface area contributed by atoms with Crippen LogP contribution >= 0.6 is 15.9 Å². The Balaban J connectivity index is 3.22. The zero-order valence-electron chi connectivity index (χ0n) is 10.1. The third kappa shape index (κ3) is 3.39. The van der Waals surface area contributed by atoms with E-state index in [9.17, 15) is 14.9 Å². The molecular formula is C11H15BrN2O3. The second-order valence-electron chi connectivity index (χ2n) is 4.86. The van der Waals surface area contributed by atoms with Crippen molar-refractivity contribution in [1.82, 2.24) is 4.57 Å². The van der Waals surface area contributed by atoms with E-state index in [2.05, 4.69) is 15.9 Å². The second-order valence-corrected chi connectivity index (χ2v) is 5.42. The Morgan fingerprint density at radius 2 is 2.12 bits per heavy atom. The van der Waals surface area contributed by atoms with Gasteiger partial charge in [0, 0.05) is 23.5 Å². The highest BCUT2D eigenvalue weighted by Crippen LogP contribution is 2.21. The Morgan fingerprint density at radius 3 is 2.59 bits per heavy atom. The lowest BCUT2D eigenvalue weighted by molar-refractivity contribution is -0.386. The molecule has 1 heterocycles. The molecule has 0 aliphatic rings. The Hall–Kier alpha value is -1.17. The second kappa shape index (κ2) is 5.00. The maximum absolute atomic E-state index is 11.7. The molecule has 1 aromatic rings. The average Bonchev–Trinajstić information content (AvgIpc) is 2.21. The average molecular weight is 303 g/mol. The fourth-order valence-electron chi connectivity index (χ4n) is 1.47. The van der Waals surface area contributed by atoms with E-state index in [4.69, 9.17) is 0 Å². The van der Waals surface area contributed by atoms with Crippen molar-refractivity contribution in [2.75, 3.05) is 5.33 Å². The molecule has 5 nitrogen and oxygen atoms in total. The third-order valence-corrected chi connectivity index (χ3v) is 3.98. The van der Waals surface area contributed by atoms with E-state index in [1.54, 1.807) is 6.92 Å². The molecule has 0 unspecified atom stereocenters. The summed E-state index contributed by atoms with van der Waals surface area (Å²) >= 11 is 3.37. The van der Waals surface area contributed by atoms with Gasteiger partial charge in [-0.1, -0.05) is 29.8 Å². The van der Waals surface area contributed by atoms with Gasteiger partial charge in [-0.2, -0.15) is 0 Å². The van der Waals surface area contributed by atoms with Crippen LogP contribution in [0.3, 0.4) is 0 Å². The standard InChI is InChI=1S/C11H15BrN2O3/c1-8-4-10(15)13(5-9(8)14(16)17)7-11(2,3)6-12/h4-5H,6-7H2,1-3H3. The van der Waals surface area contributed by atoms with Crippen LogP contribution in [0.25, 0.3) is 0 Å². The topological polar surface area (TPSA) is 65.1 Å². The number of halogens is 1. The highest BCUT2D eigenvalue weighted by molar-refractivity contribution is 9.09. The summed E-state index contributed by atoms with van der Waals surface area (Å²) in [5, 5.41) is 11.5. The quantitative estimate of drug-likeness (QED) is 0.487. The lowest BCUT2D eigenvalue weighted by Crippen LogP contribution is -2.29. The van der Waals surface area contributed by atoms with Crippen LogP contribution in [0.4, 0.5) is 5.69 Å². The summed E-state index contributed by atoms with van der Waals surface area (Å²) in [5.74, 6) is 0. The fourth-order valence-corrected chi connectivity index (χ4v) is 1.65. The highest BCUT2D eigenvalue weighted by Gasteiger charge is 2.20. The Labute approximate surface area is 108 Å². The summed E-state index contributed by atoms with van der Waals surface area (Å²) in [6.07, 6.45) is 1.32. The molecule has 0 spiro atoms. The molecule has 0 aliphatic heterocycles. The minimum absolute atomic E-state index is 0.0185. The van der Waals surface area contributed by atoms with Gasteiger partial charge in [0.05, 0.1) is 11.1 Å². The molecule has 0 fully saturated rings. The number of nitro groups is 1. The molecule has 0 bridgehead atoms. The van der Waals surface area contributed by atoms with Gasteiger partial charge in [0.2, 0.25) is 0 Å². The molecule has 0 atom stereocenters.